The van der Waals surface area contributed by atoms with Crippen LogP contribution in [0.25, 0.3) is 0 Å². The SMILES string of the molecule is COCC(C)NC(=O)CNC1(CO)CC1. The number of carbonyl (C=O) groups excluding carboxylic acids is 1. The van der Waals surface area contributed by atoms with Crippen molar-refractivity contribution >= 4 is 5.91 Å². The van der Waals surface area contributed by atoms with Crippen LogP contribution in [0.5, 0.6) is 0 Å². The summed E-state index contributed by atoms with van der Waals surface area (Å²) in [4.78, 5) is 11.4. The number of ether oxygens (including phenoxy) is 1. The number of amides is 1. The summed E-state index contributed by atoms with van der Waals surface area (Å²) in [5.41, 5.74) is -0.179. The highest BCUT2D eigenvalue weighted by atomic mass is 16.5. The molecule has 0 saturated heterocycles. The van der Waals surface area contributed by atoms with E-state index in [0.717, 1.165) is 12.8 Å². The van der Waals surface area contributed by atoms with Gasteiger partial charge in [-0.2, -0.15) is 0 Å². The lowest BCUT2D eigenvalue weighted by molar-refractivity contribution is -0.121. The first-order chi connectivity index (χ1) is 7.12. The quantitative estimate of drug-likeness (QED) is 0.524. The Hall–Kier alpha value is -0.650. The van der Waals surface area contributed by atoms with E-state index in [4.69, 9.17) is 9.84 Å². The van der Waals surface area contributed by atoms with Gasteiger partial charge in [0.2, 0.25) is 5.91 Å². The van der Waals surface area contributed by atoms with Crippen molar-refractivity contribution in [3.05, 3.63) is 0 Å². The van der Waals surface area contributed by atoms with Gasteiger partial charge in [-0.15, -0.1) is 0 Å². The molecule has 0 aliphatic heterocycles. The number of aliphatic hydroxyl groups is 1. The van der Waals surface area contributed by atoms with Crippen LogP contribution in [-0.2, 0) is 9.53 Å². The molecule has 0 aromatic carbocycles. The smallest absolute Gasteiger partial charge is 0.234 e. The van der Waals surface area contributed by atoms with Crippen molar-refractivity contribution in [3.8, 4) is 0 Å². The number of nitrogens with one attached hydrogen (secondary N) is 2. The van der Waals surface area contributed by atoms with E-state index >= 15 is 0 Å². The summed E-state index contributed by atoms with van der Waals surface area (Å²) in [5.74, 6) is -0.0562. The van der Waals surface area contributed by atoms with E-state index in [1.807, 2.05) is 6.92 Å². The molecule has 1 fully saturated rings. The van der Waals surface area contributed by atoms with E-state index in [-0.39, 0.29) is 30.6 Å². The molecule has 0 aromatic heterocycles. The van der Waals surface area contributed by atoms with E-state index in [9.17, 15) is 4.79 Å². The summed E-state index contributed by atoms with van der Waals surface area (Å²) >= 11 is 0. The lowest BCUT2D eigenvalue weighted by Crippen LogP contribution is -2.45. The minimum atomic E-state index is -0.179. The van der Waals surface area contributed by atoms with Gasteiger partial charge >= 0.3 is 0 Å². The molecule has 0 aromatic rings. The van der Waals surface area contributed by atoms with E-state index in [0.29, 0.717) is 6.61 Å². The molecule has 1 aliphatic rings. The normalized spacial score (nSPS) is 19.7. The largest absolute Gasteiger partial charge is 0.394 e. The first kappa shape index (κ1) is 12.4. The van der Waals surface area contributed by atoms with E-state index in [2.05, 4.69) is 10.6 Å². The summed E-state index contributed by atoms with van der Waals surface area (Å²) in [6.07, 6.45) is 1.90. The number of hydrogen-bond acceptors (Lipinski definition) is 4. The molecule has 88 valence electrons. The van der Waals surface area contributed by atoms with Gasteiger partial charge in [0.05, 0.1) is 19.8 Å². The Bertz CT molecular complexity index is 217. The molecule has 0 heterocycles. The molecule has 1 amide bonds. The number of carbonyl (C=O) groups is 1. The lowest BCUT2D eigenvalue weighted by atomic mass is 10.3. The molecule has 1 rings (SSSR count). The predicted molar refractivity (Wildman–Crippen MR) is 56.5 cm³/mol. The Kier molecular flexibility index (Phi) is 4.50. The fourth-order valence-electron chi connectivity index (χ4n) is 1.43. The molecule has 1 saturated carbocycles. The first-order valence-corrected chi connectivity index (χ1v) is 5.26. The van der Waals surface area contributed by atoms with E-state index < -0.39 is 0 Å². The van der Waals surface area contributed by atoms with Crippen LogP contribution in [0.4, 0.5) is 0 Å². The van der Waals surface area contributed by atoms with Crippen LogP contribution < -0.4 is 10.6 Å². The summed E-state index contributed by atoms with van der Waals surface area (Å²) in [7, 11) is 1.60. The first-order valence-electron chi connectivity index (χ1n) is 5.26. The van der Waals surface area contributed by atoms with Gasteiger partial charge in [0, 0.05) is 18.7 Å². The van der Waals surface area contributed by atoms with Crippen LogP contribution in [0.1, 0.15) is 19.8 Å². The van der Waals surface area contributed by atoms with Gasteiger partial charge in [0.1, 0.15) is 0 Å². The summed E-state index contributed by atoms with van der Waals surface area (Å²) in [6, 6.07) is 0.0218. The minimum Gasteiger partial charge on any atom is -0.394 e. The van der Waals surface area contributed by atoms with Crippen LogP contribution in [0, 0.1) is 0 Å². The van der Waals surface area contributed by atoms with Crippen molar-refractivity contribution in [2.75, 3.05) is 26.9 Å². The zero-order valence-electron chi connectivity index (χ0n) is 9.38. The monoisotopic (exact) mass is 216 g/mol. The van der Waals surface area contributed by atoms with Crippen LogP contribution in [0.2, 0.25) is 0 Å². The Morgan fingerprint density at radius 3 is 2.73 bits per heavy atom. The lowest BCUT2D eigenvalue weighted by Gasteiger charge is -2.16. The van der Waals surface area contributed by atoms with Gasteiger partial charge < -0.3 is 20.5 Å². The van der Waals surface area contributed by atoms with Crippen LogP contribution in [0.15, 0.2) is 0 Å². The van der Waals surface area contributed by atoms with Crippen molar-refractivity contribution in [3.63, 3.8) is 0 Å². The molecule has 0 spiro atoms. The van der Waals surface area contributed by atoms with Crippen molar-refractivity contribution in [1.29, 1.82) is 0 Å². The number of hydrogen-bond donors (Lipinski definition) is 3. The van der Waals surface area contributed by atoms with Crippen molar-refractivity contribution < 1.29 is 14.6 Å². The van der Waals surface area contributed by atoms with E-state index in [1.165, 1.54) is 0 Å². The molecule has 5 heteroatoms. The van der Waals surface area contributed by atoms with Gasteiger partial charge in [-0.25, -0.2) is 0 Å². The van der Waals surface area contributed by atoms with Crippen LogP contribution >= 0.6 is 0 Å². The zero-order valence-corrected chi connectivity index (χ0v) is 9.38. The molecule has 1 aliphatic carbocycles. The third-order valence-electron chi connectivity index (χ3n) is 2.60. The molecule has 1 atom stereocenters. The summed E-state index contributed by atoms with van der Waals surface area (Å²) in [6.45, 7) is 2.76. The Morgan fingerprint density at radius 2 is 2.27 bits per heavy atom. The molecular weight excluding hydrogens is 196 g/mol. The standard InChI is InChI=1S/C10H20N2O3/c1-8(6-15-2)12-9(14)5-11-10(7-13)3-4-10/h8,11,13H,3-7H2,1-2H3,(H,12,14). The highest BCUT2D eigenvalue weighted by Gasteiger charge is 2.41. The van der Waals surface area contributed by atoms with Gasteiger partial charge in [0.15, 0.2) is 0 Å². The third kappa shape index (κ3) is 4.15. The maximum absolute atomic E-state index is 11.4. The molecular formula is C10H20N2O3. The van der Waals surface area contributed by atoms with Gasteiger partial charge in [0.25, 0.3) is 0 Å². The maximum Gasteiger partial charge on any atom is 0.234 e. The second-order valence-electron chi connectivity index (χ2n) is 4.22. The van der Waals surface area contributed by atoms with Crippen molar-refractivity contribution in [2.45, 2.75) is 31.3 Å². The van der Waals surface area contributed by atoms with Crippen molar-refractivity contribution in [1.82, 2.24) is 10.6 Å². The maximum atomic E-state index is 11.4. The second-order valence-corrected chi connectivity index (χ2v) is 4.22. The molecule has 15 heavy (non-hydrogen) atoms. The van der Waals surface area contributed by atoms with Crippen LogP contribution in [0.3, 0.4) is 0 Å². The fourth-order valence-corrected chi connectivity index (χ4v) is 1.43. The minimum absolute atomic E-state index is 0.0218. The molecule has 3 N–H and O–H groups in total. The number of rotatable bonds is 7. The topological polar surface area (TPSA) is 70.6 Å². The van der Waals surface area contributed by atoms with Gasteiger partial charge in [-0.05, 0) is 19.8 Å². The number of methoxy groups -OCH3 is 1. The second kappa shape index (κ2) is 5.44. The molecule has 0 bridgehead atoms. The Balaban J connectivity index is 2.13. The third-order valence-corrected chi connectivity index (χ3v) is 2.60. The molecule has 1 unspecified atom stereocenters. The summed E-state index contributed by atoms with van der Waals surface area (Å²) in [5, 5.41) is 14.9. The zero-order chi connectivity index (χ0) is 11.3. The van der Waals surface area contributed by atoms with E-state index in [1.54, 1.807) is 7.11 Å². The predicted octanol–water partition coefficient (Wildman–Crippen LogP) is -0.748. The van der Waals surface area contributed by atoms with Crippen molar-refractivity contribution in [2.24, 2.45) is 0 Å². The fraction of sp³-hybridized carbons (Fsp3) is 0.900. The highest BCUT2D eigenvalue weighted by molar-refractivity contribution is 5.78. The average molecular weight is 216 g/mol. The highest BCUT2D eigenvalue weighted by Crippen LogP contribution is 2.34. The Morgan fingerprint density at radius 1 is 1.60 bits per heavy atom. The number of aliphatic hydroxyl groups excluding tert-OH is 1. The summed E-state index contributed by atoms with van der Waals surface area (Å²) < 4.78 is 4.91. The Labute approximate surface area is 90.2 Å². The van der Waals surface area contributed by atoms with Gasteiger partial charge in [-0.3, -0.25) is 4.79 Å². The van der Waals surface area contributed by atoms with Crippen LogP contribution in [-0.4, -0.2) is 49.5 Å². The average Bonchev–Trinajstić information content (AvgIpc) is 2.96. The molecule has 0 radical (unpaired) electrons. The van der Waals surface area contributed by atoms with Gasteiger partial charge in [-0.1, -0.05) is 0 Å². The molecule has 5 nitrogen and oxygen atoms in total.